The van der Waals surface area contributed by atoms with Gasteiger partial charge in [0.15, 0.2) is 0 Å². The minimum atomic E-state index is -0.853. The molecule has 0 aromatic heterocycles. The Balaban J connectivity index is 3.63. The van der Waals surface area contributed by atoms with Gasteiger partial charge in [0.25, 0.3) is 0 Å². The van der Waals surface area contributed by atoms with Gasteiger partial charge in [-0.05, 0) is 26.8 Å². The molecule has 0 radical (unpaired) electrons. The number of aliphatic carboxylic acids is 1. The molecule has 68 valence electrons. The van der Waals surface area contributed by atoms with Crippen LogP contribution in [0.1, 0.15) is 26.7 Å². The van der Waals surface area contributed by atoms with Crippen LogP contribution in [0.25, 0.3) is 0 Å². The van der Waals surface area contributed by atoms with E-state index in [1.54, 1.807) is 13.8 Å². The summed E-state index contributed by atoms with van der Waals surface area (Å²) in [5, 5.41) is 11.6. The molecule has 12 heavy (non-hydrogen) atoms. The lowest BCUT2D eigenvalue weighted by Crippen LogP contribution is -2.46. The van der Waals surface area contributed by atoms with Crippen LogP contribution in [0, 0.1) is 12.3 Å². The minimum Gasteiger partial charge on any atom is -0.480 e. The lowest BCUT2D eigenvalue weighted by Gasteiger charge is -2.20. The highest BCUT2D eigenvalue weighted by atomic mass is 16.4. The van der Waals surface area contributed by atoms with E-state index >= 15 is 0 Å². The second-order valence-corrected chi connectivity index (χ2v) is 3.16. The summed E-state index contributed by atoms with van der Waals surface area (Å²) in [5.74, 6) is 1.65. The Bertz CT molecular complexity index is 191. The van der Waals surface area contributed by atoms with Crippen molar-refractivity contribution in [3.8, 4) is 12.3 Å². The summed E-state index contributed by atoms with van der Waals surface area (Å²) in [6, 6.07) is 0. The van der Waals surface area contributed by atoms with Gasteiger partial charge in [-0.25, -0.2) is 0 Å². The number of carboxylic acid groups (broad SMARTS) is 1. The van der Waals surface area contributed by atoms with Crippen LogP contribution in [-0.2, 0) is 4.79 Å². The first-order valence-corrected chi connectivity index (χ1v) is 3.92. The molecule has 0 amide bonds. The second kappa shape index (κ2) is 4.78. The average Bonchev–Trinajstić information content (AvgIpc) is 1.98. The summed E-state index contributed by atoms with van der Waals surface area (Å²) in [6.45, 7) is 3.90. The molecule has 0 aromatic carbocycles. The molecule has 3 heteroatoms. The lowest BCUT2D eigenvalue weighted by molar-refractivity contribution is -0.143. The van der Waals surface area contributed by atoms with Crippen molar-refractivity contribution in [2.24, 2.45) is 0 Å². The van der Waals surface area contributed by atoms with Gasteiger partial charge in [-0.15, -0.1) is 12.3 Å². The van der Waals surface area contributed by atoms with E-state index in [0.717, 1.165) is 6.42 Å². The normalized spacial score (nSPS) is 10.8. The van der Waals surface area contributed by atoms with Gasteiger partial charge in [0, 0.05) is 6.42 Å². The van der Waals surface area contributed by atoms with E-state index in [2.05, 4.69) is 11.2 Å². The van der Waals surface area contributed by atoms with E-state index < -0.39 is 11.5 Å². The molecule has 0 saturated heterocycles. The largest absolute Gasteiger partial charge is 0.480 e. The SMILES string of the molecule is C#CCCCNC(C)(C)C(=O)O. The molecule has 0 atom stereocenters. The van der Waals surface area contributed by atoms with Crippen LogP contribution < -0.4 is 5.32 Å². The summed E-state index contributed by atoms with van der Waals surface area (Å²) >= 11 is 0. The summed E-state index contributed by atoms with van der Waals surface area (Å²) in [4.78, 5) is 10.6. The smallest absolute Gasteiger partial charge is 0.323 e. The first kappa shape index (κ1) is 11.0. The number of unbranched alkanes of at least 4 members (excludes halogenated alkanes) is 1. The molecule has 0 heterocycles. The fraction of sp³-hybridized carbons (Fsp3) is 0.667. The van der Waals surface area contributed by atoms with Crippen LogP contribution in [0.2, 0.25) is 0 Å². The molecule has 2 N–H and O–H groups in total. The third-order valence-corrected chi connectivity index (χ3v) is 1.60. The standard InChI is InChI=1S/C9H15NO2/c1-4-5-6-7-10-9(2,3)8(11)12/h1,10H,5-7H2,2-3H3,(H,11,12). The van der Waals surface area contributed by atoms with Gasteiger partial charge < -0.3 is 10.4 Å². The van der Waals surface area contributed by atoms with Crippen molar-refractivity contribution in [3.05, 3.63) is 0 Å². The highest BCUT2D eigenvalue weighted by molar-refractivity contribution is 5.77. The Hall–Kier alpha value is -1.01. The van der Waals surface area contributed by atoms with Crippen molar-refractivity contribution >= 4 is 5.97 Å². The number of carbonyl (C=O) groups is 1. The molecule has 0 rings (SSSR count). The molecule has 3 nitrogen and oxygen atoms in total. The Morgan fingerprint density at radius 1 is 1.67 bits per heavy atom. The Kier molecular flexibility index (Phi) is 4.38. The Morgan fingerprint density at radius 2 is 2.25 bits per heavy atom. The third-order valence-electron chi connectivity index (χ3n) is 1.60. The maximum absolute atomic E-state index is 10.6. The molecule has 0 aliphatic heterocycles. The van der Waals surface area contributed by atoms with Crippen LogP contribution in [-0.4, -0.2) is 23.2 Å². The van der Waals surface area contributed by atoms with Gasteiger partial charge >= 0.3 is 5.97 Å². The first-order chi connectivity index (χ1) is 5.50. The van der Waals surface area contributed by atoms with Gasteiger partial charge in [-0.1, -0.05) is 0 Å². The highest BCUT2D eigenvalue weighted by Gasteiger charge is 2.25. The summed E-state index contributed by atoms with van der Waals surface area (Å²) in [5.41, 5.74) is -0.853. The average molecular weight is 169 g/mol. The molecular formula is C9H15NO2. The van der Waals surface area contributed by atoms with Crippen LogP contribution in [0.5, 0.6) is 0 Å². The van der Waals surface area contributed by atoms with Crippen molar-refractivity contribution in [1.29, 1.82) is 0 Å². The number of nitrogens with one attached hydrogen (secondary N) is 1. The van der Waals surface area contributed by atoms with Crippen molar-refractivity contribution in [2.75, 3.05) is 6.54 Å². The number of carboxylic acids is 1. The molecule has 0 aliphatic carbocycles. The predicted molar refractivity (Wildman–Crippen MR) is 47.8 cm³/mol. The summed E-state index contributed by atoms with van der Waals surface area (Å²) in [6.07, 6.45) is 6.54. The molecule has 0 aliphatic rings. The van der Waals surface area contributed by atoms with Crippen molar-refractivity contribution in [1.82, 2.24) is 5.32 Å². The van der Waals surface area contributed by atoms with E-state index in [1.807, 2.05) is 0 Å². The molecule has 0 unspecified atom stereocenters. The van der Waals surface area contributed by atoms with Crippen LogP contribution in [0.3, 0.4) is 0 Å². The maximum Gasteiger partial charge on any atom is 0.323 e. The van der Waals surface area contributed by atoms with E-state index in [-0.39, 0.29) is 0 Å². The van der Waals surface area contributed by atoms with Crippen LogP contribution in [0.15, 0.2) is 0 Å². The quantitative estimate of drug-likeness (QED) is 0.474. The first-order valence-electron chi connectivity index (χ1n) is 3.92. The second-order valence-electron chi connectivity index (χ2n) is 3.16. The van der Waals surface area contributed by atoms with Gasteiger partial charge in [-0.2, -0.15) is 0 Å². The zero-order chi connectivity index (χ0) is 9.61. The fourth-order valence-electron chi connectivity index (χ4n) is 0.667. The van der Waals surface area contributed by atoms with E-state index in [0.29, 0.717) is 13.0 Å². The number of hydrogen-bond acceptors (Lipinski definition) is 2. The Labute approximate surface area is 73.2 Å². The predicted octanol–water partition coefficient (Wildman–Crippen LogP) is 0.853. The van der Waals surface area contributed by atoms with E-state index in [4.69, 9.17) is 11.5 Å². The van der Waals surface area contributed by atoms with Gasteiger partial charge in [0.1, 0.15) is 5.54 Å². The summed E-state index contributed by atoms with van der Waals surface area (Å²) < 4.78 is 0. The van der Waals surface area contributed by atoms with Crippen molar-refractivity contribution in [3.63, 3.8) is 0 Å². The monoisotopic (exact) mass is 169 g/mol. The number of hydrogen-bond donors (Lipinski definition) is 2. The highest BCUT2D eigenvalue weighted by Crippen LogP contribution is 2.01. The van der Waals surface area contributed by atoms with Crippen LogP contribution >= 0.6 is 0 Å². The van der Waals surface area contributed by atoms with Gasteiger partial charge in [0.2, 0.25) is 0 Å². The number of rotatable bonds is 5. The number of terminal acetylenes is 1. The van der Waals surface area contributed by atoms with Gasteiger partial charge in [0.05, 0.1) is 0 Å². The molecule has 0 fully saturated rings. The topological polar surface area (TPSA) is 49.3 Å². The Morgan fingerprint density at radius 3 is 2.67 bits per heavy atom. The maximum atomic E-state index is 10.6. The summed E-state index contributed by atoms with van der Waals surface area (Å²) in [7, 11) is 0. The molecule has 0 aromatic rings. The minimum absolute atomic E-state index is 0.642. The zero-order valence-electron chi connectivity index (χ0n) is 7.55. The third kappa shape index (κ3) is 3.99. The van der Waals surface area contributed by atoms with E-state index in [9.17, 15) is 4.79 Å². The van der Waals surface area contributed by atoms with E-state index in [1.165, 1.54) is 0 Å². The van der Waals surface area contributed by atoms with Gasteiger partial charge in [-0.3, -0.25) is 4.79 Å². The van der Waals surface area contributed by atoms with Crippen molar-refractivity contribution < 1.29 is 9.90 Å². The molecule has 0 bridgehead atoms. The lowest BCUT2D eigenvalue weighted by atomic mass is 10.1. The molecule has 0 spiro atoms. The van der Waals surface area contributed by atoms with Crippen LogP contribution in [0.4, 0.5) is 0 Å². The zero-order valence-corrected chi connectivity index (χ0v) is 7.55. The molecule has 0 saturated carbocycles. The fourth-order valence-corrected chi connectivity index (χ4v) is 0.667. The van der Waals surface area contributed by atoms with Crippen molar-refractivity contribution in [2.45, 2.75) is 32.2 Å². The molecular weight excluding hydrogens is 154 g/mol.